The topological polar surface area (TPSA) is 54.6 Å². The normalized spacial score (nSPS) is 10.9. The van der Waals surface area contributed by atoms with Gasteiger partial charge in [0.25, 0.3) is 0 Å². The van der Waals surface area contributed by atoms with E-state index in [4.69, 9.17) is 27.6 Å². The molecule has 0 aliphatic rings. The van der Waals surface area contributed by atoms with Crippen LogP contribution in [0.5, 0.6) is 0 Å². The summed E-state index contributed by atoms with van der Waals surface area (Å²) in [6.07, 6.45) is 1.43. The van der Waals surface area contributed by atoms with Gasteiger partial charge in [-0.05, 0) is 40.2 Å². The standard InChI is InChI=1S/C12H7BrCl2N2O2/c13-11-4-3-10(19-11)12(18)17-16-6-7-1-2-8(14)5-9(7)15/h1-6H,(H,17,18)/b16-6+. The van der Waals surface area contributed by atoms with Crippen molar-refractivity contribution in [3.63, 3.8) is 0 Å². The lowest BCUT2D eigenvalue weighted by Crippen LogP contribution is -2.16. The zero-order valence-corrected chi connectivity index (χ0v) is 12.5. The van der Waals surface area contributed by atoms with Crippen LogP contribution in [0.4, 0.5) is 0 Å². The maximum atomic E-state index is 11.6. The van der Waals surface area contributed by atoms with Gasteiger partial charge in [-0.3, -0.25) is 4.79 Å². The van der Waals surface area contributed by atoms with Gasteiger partial charge in [0.15, 0.2) is 10.4 Å². The maximum absolute atomic E-state index is 11.6. The third-order valence-electron chi connectivity index (χ3n) is 2.13. The van der Waals surface area contributed by atoms with Gasteiger partial charge in [0.1, 0.15) is 0 Å². The average Bonchev–Trinajstić information content (AvgIpc) is 2.78. The SMILES string of the molecule is O=C(N/N=C/c1ccc(Cl)cc1Cl)c1ccc(Br)o1. The van der Waals surface area contributed by atoms with E-state index in [1.807, 2.05) is 0 Å². The van der Waals surface area contributed by atoms with Crippen molar-refractivity contribution in [2.75, 3.05) is 0 Å². The summed E-state index contributed by atoms with van der Waals surface area (Å²) in [5.41, 5.74) is 2.97. The highest BCUT2D eigenvalue weighted by molar-refractivity contribution is 9.10. The lowest BCUT2D eigenvalue weighted by Gasteiger charge is -1.98. The van der Waals surface area contributed by atoms with Crippen molar-refractivity contribution in [1.29, 1.82) is 0 Å². The zero-order valence-electron chi connectivity index (χ0n) is 9.36. The summed E-state index contributed by atoms with van der Waals surface area (Å²) in [6, 6.07) is 8.12. The molecule has 1 aromatic heterocycles. The van der Waals surface area contributed by atoms with Crippen molar-refractivity contribution >= 4 is 51.3 Å². The number of benzene rings is 1. The van der Waals surface area contributed by atoms with Crippen LogP contribution in [0.2, 0.25) is 10.0 Å². The number of carbonyl (C=O) groups is 1. The summed E-state index contributed by atoms with van der Waals surface area (Å²) >= 11 is 14.8. The van der Waals surface area contributed by atoms with E-state index >= 15 is 0 Å². The van der Waals surface area contributed by atoms with E-state index in [-0.39, 0.29) is 5.76 Å². The molecule has 0 aliphatic carbocycles. The van der Waals surface area contributed by atoms with E-state index in [9.17, 15) is 4.79 Å². The molecule has 1 heterocycles. The van der Waals surface area contributed by atoms with Gasteiger partial charge in [-0.25, -0.2) is 5.43 Å². The number of halogens is 3. The third kappa shape index (κ3) is 3.83. The number of hydrogen-bond acceptors (Lipinski definition) is 3. The van der Waals surface area contributed by atoms with Crippen LogP contribution in [0.15, 0.2) is 44.5 Å². The zero-order chi connectivity index (χ0) is 13.8. The first-order valence-electron chi connectivity index (χ1n) is 5.10. The molecule has 1 aromatic carbocycles. The molecular weight excluding hydrogens is 355 g/mol. The van der Waals surface area contributed by atoms with Gasteiger partial charge in [-0.2, -0.15) is 5.10 Å². The highest BCUT2D eigenvalue weighted by atomic mass is 79.9. The number of amides is 1. The lowest BCUT2D eigenvalue weighted by molar-refractivity contribution is 0.0926. The second-order valence-electron chi connectivity index (χ2n) is 3.47. The van der Waals surface area contributed by atoms with Crippen LogP contribution in [0, 0.1) is 0 Å². The van der Waals surface area contributed by atoms with Gasteiger partial charge >= 0.3 is 5.91 Å². The first-order chi connectivity index (χ1) is 9.06. The Labute approximate surface area is 127 Å². The van der Waals surface area contributed by atoms with Crippen LogP contribution in [0.3, 0.4) is 0 Å². The molecule has 0 saturated heterocycles. The number of hydrazone groups is 1. The minimum Gasteiger partial charge on any atom is -0.444 e. The highest BCUT2D eigenvalue weighted by Gasteiger charge is 2.08. The summed E-state index contributed by atoms with van der Waals surface area (Å²) in [5, 5.41) is 4.77. The van der Waals surface area contributed by atoms with E-state index in [0.717, 1.165) is 0 Å². The summed E-state index contributed by atoms with van der Waals surface area (Å²) in [4.78, 5) is 11.6. The molecule has 98 valence electrons. The first kappa shape index (κ1) is 14.1. The summed E-state index contributed by atoms with van der Waals surface area (Å²) in [6.45, 7) is 0. The van der Waals surface area contributed by atoms with Crippen molar-refractivity contribution < 1.29 is 9.21 Å². The Kier molecular flexibility index (Phi) is 4.63. The Bertz CT molecular complexity index is 640. The second kappa shape index (κ2) is 6.23. The molecule has 1 N–H and O–H groups in total. The summed E-state index contributed by atoms with van der Waals surface area (Å²) in [5.74, 6) is -0.293. The molecule has 2 rings (SSSR count). The Balaban J connectivity index is 2.02. The number of furan rings is 1. The molecule has 2 aromatic rings. The minimum atomic E-state index is -0.452. The van der Waals surface area contributed by atoms with Gasteiger partial charge in [0.05, 0.1) is 11.2 Å². The Morgan fingerprint density at radius 3 is 2.74 bits per heavy atom. The predicted octanol–water partition coefficient (Wildman–Crippen LogP) is 4.11. The predicted molar refractivity (Wildman–Crippen MR) is 77.9 cm³/mol. The van der Waals surface area contributed by atoms with E-state index in [1.54, 1.807) is 24.3 Å². The largest absolute Gasteiger partial charge is 0.444 e. The Morgan fingerprint density at radius 2 is 2.11 bits per heavy atom. The molecule has 0 unspecified atom stereocenters. The van der Waals surface area contributed by atoms with Crippen LogP contribution in [-0.4, -0.2) is 12.1 Å². The van der Waals surface area contributed by atoms with Crippen molar-refractivity contribution in [2.45, 2.75) is 0 Å². The number of nitrogens with zero attached hydrogens (tertiary/aromatic N) is 1. The average molecular weight is 362 g/mol. The second-order valence-corrected chi connectivity index (χ2v) is 5.09. The van der Waals surface area contributed by atoms with E-state index < -0.39 is 5.91 Å². The number of hydrogen-bond donors (Lipinski definition) is 1. The van der Waals surface area contributed by atoms with Gasteiger partial charge in [-0.15, -0.1) is 0 Å². The molecule has 0 radical (unpaired) electrons. The van der Waals surface area contributed by atoms with Crippen LogP contribution in [0.25, 0.3) is 0 Å². The molecule has 0 saturated carbocycles. The maximum Gasteiger partial charge on any atom is 0.307 e. The quantitative estimate of drug-likeness (QED) is 0.660. The van der Waals surface area contributed by atoms with Gasteiger partial charge in [-0.1, -0.05) is 29.3 Å². The fourth-order valence-electron chi connectivity index (χ4n) is 1.26. The number of nitrogens with one attached hydrogen (secondary N) is 1. The Morgan fingerprint density at radius 1 is 1.32 bits per heavy atom. The van der Waals surface area contributed by atoms with Gasteiger partial charge in [0, 0.05) is 10.6 Å². The molecule has 1 amide bonds. The van der Waals surface area contributed by atoms with Crippen LogP contribution < -0.4 is 5.43 Å². The molecule has 0 fully saturated rings. The smallest absolute Gasteiger partial charge is 0.307 e. The number of rotatable bonds is 3. The fourth-order valence-corrected chi connectivity index (χ4v) is 2.02. The molecule has 0 atom stereocenters. The van der Waals surface area contributed by atoms with Crippen molar-refractivity contribution in [3.05, 3.63) is 56.4 Å². The summed E-state index contributed by atoms with van der Waals surface area (Å²) < 4.78 is 5.55. The molecular formula is C12H7BrCl2N2O2. The van der Waals surface area contributed by atoms with E-state index in [0.29, 0.717) is 20.3 Å². The van der Waals surface area contributed by atoms with Crippen molar-refractivity contribution in [2.24, 2.45) is 5.10 Å². The molecule has 0 spiro atoms. The Hall–Kier alpha value is -1.30. The van der Waals surface area contributed by atoms with Gasteiger partial charge < -0.3 is 4.42 Å². The third-order valence-corrected chi connectivity index (χ3v) is 3.12. The first-order valence-corrected chi connectivity index (χ1v) is 6.65. The van der Waals surface area contributed by atoms with Crippen LogP contribution >= 0.6 is 39.1 Å². The molecule has 4 nitrogen and oxygen atoms in total. The van der Waals surface area contributed by atoms with Crippen LogP contribution in [0.1, 0.15) is 16.1 Å². The van der Waals surface area contributed by atoms with E-state index in [2.05, 4.69) is 26.5 Å². The van der Waals surface area contributed by atoms with Gasteiger partial charge in [0.2, 0.25) is 0 Å². The molecule has 7 heteroatoms. The van der Waals surface area contributed by atoms with Crippen molar-refractivity contribution in [3.8, 4) is 0 Å². The fraction of sp³-hybridized carbons (Fsp3) is 0. The molecule has 19 heavy (non-hydrogen) atoms. The van der Waals surface area contributed by atoms with Crippen LogP contribution in [-0.2, 0) is 0 Å². The minimum absolute atomic E-state index is 0.159. The van der Waals surface area contributed by atoms with E-state index in [1.165, 1.54) is 12.3 Å². The lowest BCUT2D eigenvalue weighted by atomic mass is 10.2. The molecule has 0 aliphatic heterocycles. The highest BCUT2D eigenvalue weighted by Crippen LogP contribution is 2.19. The number of carbonyl (C=O) groups excluding carboxylic acids is 1. The van der Waals surface area contributed by atoms with Crippen molar-refractivity contribution in [1.82, 2.24) is 5.43 Å². The summed E-state index contributed by atoms with van der Waals surface area (Å²) in [7, 11) is 0. The molecule has 0 bridgehead atoms. The monoisotopic (exact) mass is 360 g/mol.